The molecule has 0 spiro atoms. The van der Waals surface area contributed by atoms with Crippen LogP contribution in [-0.4, -0.2) is 24.9 Å². The van der Waals surface area contributed by atoms with Crippen LogP contribution in [0.5, 0.6) is 0 Å². The van der Waals surface area contributed by atoms with E-state index in [1.807, 2.05) is 55.4 Å². The molecular weight excluding hydrogens is 200 g/mol. The van der Waals surface area contributed by atoms with Crippen molar-refractivity contribution in [2.24, 2.45) is 5.41 Å². The van der Waals surface area contributed by atoms with E-state index >= 15 is 0 Å². The zero-order valence-electron chi connectivity index (χ0n) is 13.2. The van der Waals surface area contributed by atoms with Gasteiger partial charge in [-0.25, -0.2) is 0 Å². The maximum atomic E-state index is 8.76. The SMILES string of the molecule is CC.CC.CC.CC.CCC1(CO)COC1. The fourth-order valence-corrected chi connectivity index (χ4v) is 0.798. The van der Waals surface area contributed by atoms with Gasteiger partial charge in [-0.3, -0.25) is 0 Å². The molecule has 0 aromatic carbocycles. The molecule has 1 aliphatic rings. The van der Waals surface area contributed by atoms with E-state index in [0.717, 1.165) is 19.6 Å². The summed E-state index contributed by atoms with van der Waals surface area (Å²) in [4.78, 5) is 0. The van der Waals surface area contributed by atoms with Crippen LogP contribution in [0, 0.1) is 5.41 Å². The Kier molecular flexibility index (Phi) is 37.8. The molecule has 1 rings (SSSR count). The van der Waals surface area contributed by atoms with Crippen LogP contribution in [0.25, 0.3) is 0 Å². The molecule has 1 heterocycles. The van der Waals surface area contributed by atoms with E-state index in [0.29, 0.717) is 0 Å². The van der Waals surface area contributed by atoms with E-state index in [1.165, 1.54) is 0 Å². The Balaban J connectivity index is -0.0000000771. The van der Waals surface area contributed by atoms with Gasteiger partial charge in [0.05, 0.1) is 19.8 Å². The molecule has 104 valence electrons. The summed E-state index contributed by atoms with van der Waals surface area (Å²) in [5.41, 5.74) is 0.139. The van der Waals surface area contributed by atoms with Crippen molar-refractivity contribution in [3.05, 3.63) is 0 Å². The van der Waals surface area contributed by atoms with Crippen LogP contribution >= 0.6 is 0 Å². The van der Waals surface area contributed by atoms with Gasteiger partial charge in [-0.2, -0.15) is 0 Å². The van der Waals surface area contributed by atoms with Gasteiger partial charge in [0.2, 0.25) is 0 Å². The third-order valence-electron chi connectivity index (χ3n) is 1.90. The van der Waals surface area contributed by atoms with Crippen LogP contribution in [0.4, 0.5) is 0 Å². The van der Waals surface area contributed by atoms with Crippen LogP contribution in [0.2, 0.25) is 0 Å². The summed E-state index contributed by atoms with van der Waals surface area (Å²) in [6, 6.07) is 0. The molecular formula is C14H36O2. The zero-order chi connectivity index (χ0) is 14.0. The summed E-state index contributed by atoms with van der Waals surface area (Å²) in [5.74, 6) is 0. The van der Waals surface area contributed by atoms with Gasteiger partial charge in [-0.15, -0.1) is 0 Å². The monoisotopic (exact) mass is 236 g/mol. The Hall–Kier alpha value is -0.0800. The minimum Gasteiger partial charge on any atom is -0.396 e. The highest BCUT2D eigenvalue weighted by Crippen LogP contribution is 2.29. The Morgan fingerprint density at radius 2 is 1.19 bits per heavy atom. The number of aliphatic hydroxyl groups excluding tert-OH is 1. The molecule has 0 radical (unpaired) electrons. The second-order valence-corrected chi connectivity index (χ2v) is 2.50. The van der Waals surface area contributed by atoms with E-state index in [1.54, 1.807) is 0 Å². The summed E-state index contributed by atoms with van der Waals surface area (Å²) >= 11 is 0. The standard InChI is InChI=1S/C6H12O2.4C2H6/c1-2-6(3-7)4-8-5-6;4*1-2/h7H,2-5H2,1H3;4*1-2H3. The molecule has 0 atom stereocenters. The minimum atomic E-state index is 0.139. The fourth-order valence-electron chi connectivity index (χ4n) is 0.798. The van der Waals surface area contributed by atoms with Crippen molar-refractivity contribution in [1.29, 1.82) is 0 Å². The predicted molar refractivity (Wildman–Crippen MR) is 76.0 cm³/mol. The average Bonchev–Trinajstić information content (AvgIpc) is 2.39. The van der Waals surface area contributed by atoms with E-state index in [4.69, 9.17) is 9.84 Å². The third kappa shape index (κ3) is 12.0. The van der Waals surface area contributed by atoms with Gasteiger partial charge in [0.1, 0.15) is 0 Å². The second-order valence-electron chi connectivity index (χ2n) is 2.50. The number of ether oxygens (including phenoxy) is 1. The molecule has 1 fully saturated rings. The van der Waals surface area contributed by atoms with Gasteiger partial charge >= 0.3 is 0 Å². The zero-order valence-corrected chi connectivity index (χ0v) is 13.2. The van der Waals surface area contributed by atoms with E-state index < -0.39 is 0 Å². The molecule has 0 bridgehead atoms. The van der Waals surface area contributed by atoms with Crippen LogP contribution in [0.3, 0.4) is 0 Å². The molecule has 0 saturated carbocycles. The van der Waals surface area contributed by atoms with Crippen LogP contribution in [0.1, 0.15) is 68.7 Å². The van der Waals surface area contributed by atoms with Gasteiger partial charge in [-0.1, -0.05) is 62.3 Å². The van der Waals surface area contributed by atoms with E-state index in [9.17, 15) is 0 Å². The third-order valence-corrected chi connectivity index (χ3v) is 1.90. The minimum absolute atomic E-state index is 0.139. The molecule has 2 nitrogen and oxygen atoms in total. The first-order valence-corrected chi connectivity index (χ1v) is 7.01. The normalized spacial score (nSPS) is 13.9. The van der Waals surface area contributed by atoms with Gasteiger partial charge in [0.25, 0.3) is 0 Å². The lowest BCUT2D eigenvalue weighted by Crippen LogP contribution is -2.44. The Bertz CT molecular complexity index is 65.3. The van der Waals surface area contributed by atoms with E-state index in [-0.39, 0.29) is 12.0 Å². The average molecular weight is 236 g/mol. The highest BCUT2D eigenvalue weighted by molar-refractivity contribution is 4.82. The van der Waals surface area contributed by atoms with Gasteiger partial charge in [-0.05, 0) is 6.42 Å². The first kappa shape index (κ1) is 24.9. The van der Waals surface area contributed by atoms with Crippen molar-refractivity contribution in [3.8, 4) is 0 Å². The lowest BCUT2D eigenvalue weighted by atomic mass is 9.84. The molecule has 1 saturated heterocycles. The Morgan fingerprint density at radius 3 is 1.19 bits per heavy atom. The fraction of sp³-hybridized carbons (Fsp3) is 1.00. The van der Waals surface area contributed by atoms with Crippen LogP contribution < -0.4 is 0 Å². The lowest BCUT2D eigenvalue weighted by Gasteiger charge is -2.38. The number of aliphatic hydroxyl groups is 1. The summed E-state index contributed by atoms with van der Waals surface area (Å²) in [7, 11) is 0. The second kappa shape index (κ2) is 24.2. The Labute approximate surface area is 104 Å². The molecule has 0 aliphatic carbocycles. The van der Waals surface area contributed by atoms with Crippen molar-refractivity contribution in [2.75, 3.05) is 19.8 Å². The van der Waals surface area contributed by atoms with Gasteiger partial charge in [0, 0.05) is 5.41 Å². The first-order valence-electron chi connectivity index (χ1n) is 7.01. The first-order chi connectivity index (χ1) is 7.83. The Morgan fingerprint density at radius 1 is 0.875 bits per heavy atom. The summed E-state index contributed by atoms with van der Waals surface area (Å²) in [6.45, 7) is 19.9. The molecule has 1 aliphatic heterocycles. The molecule has 1 N–H and O–H groups in total. The van der Waals surface area contributed by atoms with Gasteiger partial charge < -0.3 is 9.84 Å². The largest absolute Gasteiger partial charge is 0.396 e. The molecule has 0 amide bonds. The topological polar surface area (TPSA) is 29.5 Å². The van der Waals surface area contributed by atoms with E-state index in [2.05, 4.69) is 6.92 Å². The van der Waals surface area contributed by atoms with Crippen LogP contribution in [-0.2, 0) is 4.74 Å². The van der Waals surface area contributed by atoms with Crippen molar-refractivity contribution >= 4 is 0 Å². The van der Waals surface area contributed by atoms with Crippen LogP contribution in [0.15, 0.2) is 0 Å². The maximum absolute atomic E-state index is 8.76. The lowest BCUT2D eigenvalue weighted by molar-refractivity contribution is -0.138. The maximum Gasteiger partial charge on any atom is 0.0566 e. The van der Waals surface area contributed by atoms with Crippen molar-refractivity contribution in [3.63, 3.8) is 0 Å². The van der Waals surface area contributed by atoms with Crippen molar-refractivity contribution in [2.45, 2.75) is 68.7 Å². The smallest absolute Gasteiger partial charge is 0.0566 e. The quantitative estimate of drug-likeness (QED) is 0.764. The summed E-state index contributed by atoms with van der Waals surface area (Å²) < 4.78 is 4.96. The summed E-state index contributed by atoms with van der Waals surface area (Å²) in [6.07, 6.45) is 1.03. The van der Waals surface area contributed by atoms with Crippen molar-refractivity contribution in [1.82, 2.24) is 0 Å². The van der Waals surface area contributed by atoms with Gasteiger partial charge in [0.15, 0.2) is 0 Å². The molecule has 0 aromatic heterocycles. The molecule has 0 aromatic rings. The van der Waals surface area contributed by atoms with Crippen molar-refractivity contribution < 1.29 is 9.84 Å². The molecule has 2 heteroatoms. The number of hydrogen-bond donors (Lipinski definition) is 1. The highest BCUT2D eigenvalue weighted by atomic mass is 16.5. The molecule has 0 unspecified atom stereocenters. The molecule has 16 heavy (non-hydrogen) atoms. The highest BCUT2D eigenvalue weighted by Gasteiger charge is 2.35. The summed E-state index contributed by atoms with van der Waals surface area (Å²) in [5, 5.41) is 8.76. The predicted octanol–water partition coefficient (Wildman–Crippen LogP) is 4.51. The number of hydrogen-bond acceptors (Lipinski definition) is 2. The number of rotatable bonds is 2.